The van der Waals surface area contributed by atoms with Crippen LogP contribution in [0.4, 0.5) is 0 Å². The van der Waals surface area contributed by atoms with Crippen LogP contribution in [0.2, 0.25) is 0 Å². The summed E-state index contributed by atoms with van der Waals surface area (Å²) >= 11 is 0. The minimum atomic E-state index is 1.07. The first-order valence-electron chi connectivity index (χ1n) is 5.50. The summed E-state index contributed by atoms with van der Waals surface area (Å²) in [5, 5.41) is 1.35. The third-order valence-electron chi connectivity index (χ3n) is 2.95. The highest BCUT2D eigenvalue weighted by Crippen LogP contribution is 2.25. The molecule has 0 aliphatic carbocycles. The molecular formula is C14H17N. The topological polar surface area (TPSA) is 12.9 Å². The zero-order valence-electron chi connectivity index (χ0n) is 9.89. The zero-order valence-corrected chi connectivity index (χ0v) is 9.89. The van der Waals surface area contributed by atoms with E-state index in [0.717, 1.165) is 12.1 Å². The third kappa shape index (κ3) is 1.63. The number of pyridine rings is 1. The number of aromatic nitrogens is 1. The van der Waals surface area contributed by atoms with Crippen LogP contribution in [0.15, 0.2) is 18.2 Å². The lowest BCUT2D eigenvalue weighted by molar-refractivity contribution is 1.14. The molecule has 0 saturated heterocycles. The van der Waals surface area contributed by atoms with Crippen LogP contribution >= 0.6 is 0 Å². The third-order valence-corrected chi connectivity index (χ3v) is 2.95. The van der Waals surface area contributed by atoms with Crippen molar-refractivity contribution in [3.05, 3.63) is 40.6 Å². The maximum Gasteiger partial charge on any atom is 0.0739 e. The van der Waals surface area contributed by atoms with Crippen LogP contribution in [0.3, 0.4) is 0 Å². The molecule has 0 N–H and O–H groups in total. The number of hydrogen-bond acceptors (Lipinski definition) is 1. The largest absolute Gasteiger partial charge is 0.253 e. The van der Waals surface area contributed by atoms with Crippen molar-refractivity contribution < 1.29 is 0 Å². The summed E-state index contributed by atoms with van der Waals surface area (Å²) in [6, 6.07) is 6.57. The molecule has 2 rings (SSSR count). The highest BCUT2D eigenvalue weighted by Gasteiger charge is 2.06. The monoisotopic (exact) mass is 199 g/mol. The Balaban J connectivity index is 2.93. The maximum absolute atomic E-state index is 4.64. The molecule has 0 unspecified atom stereocenters. The Morgan fingerprint density at radius 2 is 1.80 bits per heavy atom. The van der Waals surface area contributed by atoms with Crippen molar-refractivity contribution in [2.24, 2.45) is 0 Å². The summed E-state index contributed by atoms with van der Waals surface area (Å²) in [6.45, 7) is 8.57. The van der Waals surface area contributed by atoms with Crippen molar-refractivity contribution in [3.63, 3.8) is 0 Å². The van der Waals surface area contributed by atoms with Gasteiger partial charge in [-0.1, -0.05) is 19.1 Å². The van der Waals surface area contributed by atoms with Crippen molar-refractivity contribution >= 4 is 10.9 Å². The van der Waals surface area contributed by atoms with Crippen LogP contribution in [0.25, 0.3) is 10.9 Å². The van der Waals surface area contributed by atoms with Crippen LogP contribution in [-0.4, -0.2) is 4.98 Å². The second kappa shape index (κ2) is 3.65. The molecule has 0 saturated carbocycles. The molecule has 0 aliphatic rings. The standard InChI is InChI=1S/C14H17N/c1-5-12-7-6-9(2)14-13(12)10(3)8-11(4)15-14/h6-8H,5H2,1-4H3. The van der Waals surface area contributed by atoms with E-state index in [1.54, 1.807) is 0 Å². The lowest BCUT2D eigenvalue weighted by Crippen LogP contribution is -1.94. The Bertz CT molecular complexity index is 512. The van der Waals surface area contributed by atoms with Gasteiger partial charge in [0.2, 0.25) is 0 Å². The van der Waals surface area contributed by atoms with E-state index in [2.05, 4.69) is 50.9 Å². The van der Waals surface area contributed by atoms with Gasteiger partial charge in [-0.25, -0.2) is 0 Å². The Morgan fingerprint density at radius 3 is 2.47 bits per heavy atom. The Morgan fingerprint density at radius 1 is 1.07 bits per heavy atom. The molecule has 0 amide bonds. The molecule has 1 nitrogen and oxygen atoms in total. The average Bonchev–Trinajstić information content (AvgIpc) is 2.19. The molecule has 78 valence electrons. The van der Waals surface area contributed by atoms with Crippen LogP contribution in [0.1, 0.15) is 29.3 Å². The van der Waals surface area contributed by atoms with Crippen molar-refractivity contribution in [1.82, 2.24) is 4.98 Å². The van der Waals surface area contributed by atoms with Gasteiger partial charge in [-0.2, -0.15) is 0 Å². The van der Waals surface area contributed by atoms with Gasteiger partial charge in [0.15, 0.2) is 0 Å². The van der Waals surface area contributed by atoms with Gasteiger partial charge in [0.05, 0.1) is 5.52 Å². The van der Waals surface area contributed by atoms with E-state index in [-0.39, 0.29) is 0 Å². The molecule has 0 spiro atoms. The van der Waals surface area contributed by atoms with E-state index in [1.165, 1.54) is 27.6 Å². The van der Waals surface area contributed by atoms with Crippen LogP contribution < -0.4 is 0 Å². The zero-order chi connectivity index (χ0) is 11.0. The number of benzene rings is 1. The summed E-state index contributed by atoms with van der Waals surface area (Å²) < 4.78 is 0. The highest BCUT2D eigenvalue weighted by atomic mass is 14.7. The fourth-order valence-corrected chi connectivity index (χ4v) is 2.21. The number of fused-ring (bicyclic) bond motifs is 1. The number of aryl methyl sites for hydroxylation is 4. The first-order valence-corrected chi connectivity index (χ1v) is 5.50. The van der Waals surface area contributed by atoms with Crippen molar-refractivity contribution in [3.8, 4) is 0 Å². The van der Waals surface area contributed by atoms with Gasteiger partial charge in [0.1, 0.15) is 0 Å². The molecule has 1 aromatic heterocycles. The smallest absolute Gasteiger partial charge is 0.0739 e. The van der Waals surface area contributed by atoms with E-state index < -0.39 is 0 Å². The van der Waals surface area contributed by atoms with Crippen LogP contribution in [0.5, 0.6) is 0 Å². The van der Waals surface area contributed by atoms with E-state index >= 15 is 0 Å². The van der Waals surface area contributed by atoms with Gasteiger partial charge in [-0.05, 0) is 49.9 Å². The predicted molar refractivity (Wildman–Crippen MR) is 65.3 cm³/mol. The molecule has 0 bridgehead atoms. The summed E-state index contributed by atoms with van der Waals surface area (Å²) in [7, 11) is 0. The molecule has 0 atom stereocenters. The first kappa shape index (κ1) is 10.2. The lowest BCUT2D eigenvalue weighted by Gasteiger charge is -2.10. The van der Waals surface area contributed by atoms with Crippen molar-refractivity contribution in [2.45, 2.75) is 34.1 Å². The number of rotatable bonds is 1. The summed E-state index contributed by atoms with van der Waals surface area (Å²) in [5.41, 5.74) is 6.30. The van der Waals surface area contributed by atoms with Crippen molar-refractivity contribution in [1.29, 1.82) is 0 Å². The predicted octanol–water partition coefficient (Wildman–Crippen LogP) is 3.72. The molecule has 0 fully saturated rings. The Hall–Kier alpha value is -1.37. The van der Waals surface area contributed by atoms with E-state index in [9.17, 15) is 0 Å². The Kier molecular flexibility index (Phi) is 2.47. The van der Waals surface area contributed by atoms with Gasteiger partial charge in [0, 0.05) is 11.1 Å². The molecule has 15 heavy (non-hydrogen) atoms. The number of hydrogen-bond donors (Lipinski definition) is 0. The minimum absolute atomic E-state index is 1.07. The molecule has 2 aromatic rings. The van der Waals surface area contributed by atoms with E-state index in [0.29, 0.717) is 0 Å². The molecule has 1 heteroatoms. The van der Waals surface area contributed by atoms with Crippen LogP contribution in [-0.2, 0) is 6.42 Å². The summed E-state index contributed by atoms with van der Waals surface area (Å²) in [4.78, 5) is 4.64. The molecule has 0 aliphatic heterocycles. The highest BCUT2D eigenvalue weighted by molar-refractivity contribution is 5.88. The second-order valence-electron chi connectivity index (χ2n) is 4.20. The van der Waals surface area contributed by atoms with Crippen LogP contribution in [0, 0.1) is 20.8 Å². The molecule has 0 radical (unpaired) electrons. The fourth-order valence-electron chi connectivity index (χ4n) is 2.21. The fraction of sp³-hybridized carbons (Fsp3) is 0.357. The first-order chi connectivity index (χ1) is 7.13. The maximum atomic E-state index is 4.64. The molecule has 1 aromatic carbocycles. The lowest BCUT2D eigenvalue weighted by atomic mass is 9.98. The second-order valence-corrected chi connectivity index (χ2v) is 4.20. The van der Waals surface area contributed by atoms with E-state index in [1.807, 2.05) is 0 Å². The van der Waals surface area contributed by atoms with E-state index in [4.69, 9.17) is 0 Å². The normalized spacial score (nSPS) is 10.9. The van der Waals surface area contributed by atoms with Gasteiger partial charge < -0.3 is 0 Å². The van der Waals surface area contributed by atoms with Gasteiger partial charge in [-0.15, -0.1) is 0 Å². The quantitative estimate of drug-likeness (QED) is 0.682. The summed E-state index contributed by atoms with van der Waals surface area (Å²) in [5.74, 6) is 0. The average molecular weight is 199 g/mol. The van der Waals surface area contributed by atoms with Gasteiger partial charge in [-0.3, -0.25) is 4.98 Å². The van der Waals surface area contributed by atoms with Crippen molar-refractivity contribution in [2.75, 3.05) is 0 Å². The molecule has 1 heterocycles. The SMILES string of the molecule is CCc1ccc(C)c2nc(C)cc(C)c12. The number of nitrogens with zero attached hydrogens (tertiary/aromatic N) is 1. The minimum Gasteiger partial charge on any atom is -0.253 e. The summed E-state index contributed by atoms with van der Waals surface area (Å²) in [6.07, 6.45) is 1.07. The Labute approximate surface area is 91.2 Å². The van der Waals surface area contributed by atoms with Gasteiger partial charge >= 0.3 is 0 Å². The molecular weight excluding hydrogens is 182 g/mol. The van der Waals surface area contributed by atoms with Gasteiger partial charge in [0.25, 0.3) is 0 Å².